The number of carbonyl (C=O) groups is 1. The van der Waals surface area contributed by atoms with Crippen molar-refractivity contribution in [3.05, 3.63) is 53.1 Å². The molecule has 0 heterocycles. The van der Waals surface area contributed by atoms with Crippen LogP contribution in [0.1, 0.15) is 16.7 Å². The molecule has 2 rings (SSSR count). The second-order valence-electron chi connectivity index (χ2n) is 6.47. The number of aryl methyl sites for hydroxylation is 2. The van der Waals surface area contributed by atoms with E-state index in [1.54, 1.807) is 31.2 Å². The lowest BCUT2D eigenvalue weighted by molar-refractivity contribution is -0.119. The predicted molar refractivity (Wildman–Crippen MR) is 113 cm³/mol. The maximum Gasteiger partial charge on any atom is 0.260 e. The number of anilines is 1. The molecule has 0 aliphatic heterocycles. The van der Waals surface area contributed by atoms with Gasteiger partial charge in [-0.2, -0.15) is 5.10 Å². The molecule has 0 atom stereocenters. The maximum atomic E-state index is 12.3. The summed E-state index contributed by atoms with van der Waals surface area (Å²) in [7, 11) is -0.598. The topological polar surface area (TPSA) is 97.3 Å². The Labute approximate surface area is 171 Å². The number of sulfonamides is 1. The van der Waals surface area contributed by atoms with Gasteiger partial charge in [0.05, 0.1) is 32.4 Å². The van der Waals surface area contributed by atoms with Crippen LogP contribution in [0.4, 0.5) is 5.69 Å². The third kappa shape index (κ3) is 5.95. The van der Waals surface area contributed by atoms with E-state index in [1.807, 2.05) is 19.1 Å². The first-order valence-corrected chi connectivity index (χ1v) is 10.6. The van der Waals surface area contributed by atoms with Crippen molar-refractivity contribution >= 4 is 27.8 Å². The van der Waals surface area contributed by atoms with E-state index in [9.17, 15) is 13.2 Å². The average molecular weight is 420 g/mol. The zero-order chi connectivity index (χ0) is 21.6. The Morgan fingerprint density at radius 2 is 1.79 bits per heavy atom. The smallest absolute Gasteiger partial charge is 0.260 e. The van der Waals surface area contributed by atoms with Crippen molar-refractivity contribution in [3.8, 4) is 11.5 Å². The van der Waals surface area contributed by atoms with E-state index in [0.717, 1.165) is 21.7 Å². The molecule has 1 amide bonds. The van der Waals surface area contributed by atoms with Crippen LogP contribution >= 0.6 is 0 Å². The van der Waals surface area contributed by atoms with Gasteiger partial charge in [0.15, 0.2) is 11.5 Å². The van der Waals surface area contributed by atoms with Gasteiger partial charge < -0.3 is 9.47 Å². The van der Waals surface area contributed by atoms with E-state index in [1.165, 1.54) is 20.4 Å². The van der Waals surface area contributed by atoms with Gasteiger partial charge in [0.25, 0.3) is 5.91 Å². The number of hydrogen-bond acceptors (Lipinski definition) is 6. The molecule has 8 nitrogen and oxygen atoms in total. The molecule has 0 radical (unpaired) electrons. The predicted octanol–water partition coefficient (Wildman–Crippen LogP) is 2.24. The molecule has 9 heteroatoms. The summed E-state index contributed by atoms with van der Waals surface area (Å²) in [5.74, 6) is 0.542. The first-order valence-electron chi connectivity index (χ1n) is 8.74. The van der Waals surface area contributed by atoms with Gasteiger partial charge in [0.2, 0.25) is 10.0 Å². The standard InChI is InChI=1S/C20H25N3O5S/c1-14-6-7-15(2)17(10-14)23(29(5,25)26)13-20(24)22-21-12-16-8-9-18(27-3)19(11-16)28-4/h6-12H,13H2,1-5H3,(H,22,24)/b21-12-. The zero-order valence-electron chi connectivity index (χ0n) is 17.1. The van der Waals surface area contributed by atoms with Crippen molar-refractivity contribution in [2.45, 2.75) is 13.8 Å². The lowest BCUT2D eigenvalue weighted by atomic mass is 10.1. The van der Waals surface area contributed by atoms with E-state index in [4.69, 9.17) is 9.47 Å². The average Bonchev–Trinajstić information content (AvgIpc) is 2.67. The summed E-state index contributed by atoms with van der Waals surface area (Å²) < 4.78 is 35.9. The minimum atomic E-state index is -3.66. The van der Waals surface area contributed by atoms with Crippen LogP contribution in [0.3, 0.4) is 0 Å². The zero-order valence-corrected chi connectivity index (χ0v) is 17.9. The highest BCUT2D eigenvalue weighted by Crippen LogP contribution is 2.27. The number of rotatable bonds is 8. The molecule has 0 aromatic heterocycles. The Hall–Kier alpha value is -3.07. The van der Waals surface area contributed by atoms with Crippen LogP contribution in [0.5, 0.6) is 11.5 Å². The van der Waals surface area contributed by atoms with Crippen molar-refractivity contribution in [3.63, 3.8) is 0 Å². The van der Waals surface area contributed by atoms with E-state index >= 15 is 0 Å². The second-order valence-corrected chi connectivity index (χ2v) is 8.37. The lowest BCUT2D eigenvalue weighted by Gasteiger charge is -2.23. The highest BCUT2D eigenvalue weighted by molar-refractivity contribution is 7.92. The van der Waals surface area contributed by atoms with Crippen LogP contribution in [-0.2, 0) is 14.8 Å². The number of amides is 1. The quantitative estimate of drug-likeness (QED) is 0.523. The Morgan fingerprint density at radius 1 is 1.10 bits per heavy atom. The Balaban J connectivity index is 2.13. The Morgan fingerprint density at radius 3 is 2.41 bits per heavy atom. The van der Waals surface area contributed by atoms with Crippen LogP contribution in [0.25, 0.3) is 0 Å². The SMILES string of the molecule is COc1ccc(/C=N\NC(=O)CN(c2cc(C)ccc2C)S(C)(=O)=O)cc1OC. The summed E-state index contributed by atoms with van der Waals surface area (Å²) >= 11 is 0. The number of hydrazone groups is 1. The highest BCUT2D eigenvalue weighted by Gasteiger charge is 2.22. The van der Waals surface area contributed by atoms with Gasteiger partial charge in [0, 0.05) is 0 Å². The minimum Gasteiger partial charge on any atom is -0.493 e. The van der Waals surface area contributed by atoms with Gasteiger partial charge in [-0.15, -0.1) is 0 Å². The lowest BCUT2D eigenvalue weighted by Crippen LogP contribution is -2.39. The van der Waals surface area contributed by atoms with Gasteiger partial charge in [-0.3, -0.25) is 9.10 Å². The number of methoxy groups -OCH3 is 2. The molecule has 2 aromatic carbocycles. The minimum absolute atomic E-state index is 0.383. The summed E-state index contributed by atoms with van der Waals surface area (Å²) in [6, 6.07) is 10.6. The molecule has 0 aliphatic rings. The summed E-state index contributed by atoms with van der Waals surface area (Å²) in [5, 5.41) is 3.90. The van der Waals surface area contributed by atoms with Gasteiger partial charge in [0.1, 0.15) is 6.54 Å². The molecule has 0 fully saturated rings. The number of hydrogen-bond donors (Lipinski definition) is 1. The van der Waals surface area contributed by atoms with Crippen LogP contribution < -0.4 is 19.2 Å². The maximum absolute atomic E-state index is 12.3. The molecule has 29 heavy (non-hydrogen) atoms. The molecular formula is C20H25N3O5S. The summed E-state index contributed by atoms with van der Waals surface area (Å²) in [4.78, 5) is 12.3. The fourth-order valence-electron chi connectivity index (χ4n) is 2.65. The van der Waals surface area contributed by atoms with Crippen molar-refractivity contribution in [2.24, 2.45) is 5.10 Å². The molecule has 0 bridgehead atoms. The van der Waals surface area contributed by atoms with Gasteiger partial charge in [-0.05, 0) is 54.8 Å². The fraction of sp³-hybridized carbons (Fsp3) is 0.300. The number of nitrogens with one attached hydrogen (secondary N) is 1. The van der Waals surface area contributed by atoms with Crippen molar-refractivity contribution in [2.75, 3.05) is 31.3 Å². The van der Waals surface area contributed by atoms with Crippen LogP contribution in [0, 0.1) is 13.8 Å². The third-order valence-corrected chi connectivity index (χ3v) is 5.26. The Bertz CT molecular complexity index is 1020. The number of carbonyl (C=O) groups excluding carboxylic acids is 1. The molecule has 0 saturated heterocycles. The van der Waals surface area contributed by atoms with E-state index in [2.05, 4.69) is 10.5 Å². The molecule has 156 valence electrons. The van der Waals surface area contributed by atoms with Crippen LogP contribution in [0.2, 0.25) is 0 Å². The third-order valence-electron chi connectivity index (χ3n) is 4.13. The largest absolute Gasteiger partial charge is 0.493 e. The number of nitrogens with zero attached hydrogens (tertiary/aromatic N) is 2. The van der Waals surface area contributed by atoms with Gasteiger partial charge in [-0.1, -0.05) is 12.1 Å². The van der Waals surface area contributed by atoms with Crippen molar-refractivity contribution in [1.29, 1.82) is 0 Å². The first-order chi connectivity index (χ1) is 13.7. The highest BCUT2D eigenvalue weighted by atomic mass is 32.2. The molecule has 2 aromatic rings. The second kappa shape index (κ2) is 9.42. The number of ether oxygens (including phenoxy) is 2. The molecule has 0 unspecified atom stereocenters. The van der Waals surface area contributed by atoms with Gasteiger partial charge in [-0.25, -0.2) is 13.8 Å². The fourth-order valence-corrected chi connectivity index (χ4v) is 3.55. The molecule has 1 N–H and O–H groups in total. The Kier molecular flexibility index (Phi) is 7.22. The van der Waals surface area contributed by atoms with Crippen molar-refractivity contribution < 1.29 is 22.7 Å². The first kappa shape index (κ1) is 22.2. The number of benzene rings is 2. The van der Waals surface area contributed by atoms with Crippen LogP contribution in [0.15, 0.2) is 41.5 Å². The molecule has 0 spiro atoms. The normalized spacial score (nSPS) is 11.3. The summed E-state index contributed by atoms with van der Waals surface area (Å²) in [6.07, 6.45) is 2.50. The monoisotopic (exact) mass is 419 g/mol. The van der Waals surface area contributed by atoms with E-state index < -0.39 is 15.9 Å². The van der Waals surface area contributed by atoms with E-state index in [-0.39, 0.29) is 6.54 Å². The summed E-state index contributed by atoms with van der Waals surface area (Å²) in [5.41, 5.74) is 5.15. The van der Waals surface area contributed by atoms with Gasteiger partial charge >= 0.3 is 0 Å². The molecule has 0 saturated carbocycles. The molecule has 0 aliphatic carbocycles. The molecular weight excluding hydrogens is 394 g/mol. The van der Waals surface area contributed by atoms with E-state index in [0.29, 0.717) is 22.7 Å². The summed E-state index contributed by atoms with van der Waals surface area (Å²) in [6.45, 7) is 3.27. The van der Waals surface area contributed by atoms with Crippen LogP contribution in [-0.4, -0.2) is 47.6 Å². The van der Waals surface area contributed by atoms with Crippen molar-refractivity contribution in [1.82, 2.24) is 5.43 Å².